The van der Waals surface area contributed by atoms with Gasteiger partial charge in [-0.25, -0.2) is 9.97 Å². The van der Waals surface area contributed by atoms with Crippen LogP contribution in [0.5, 0.6) is 5.75 Å². The number of fused-ring (bicyclic) bond motifs is 1. The van der Waals surface area contributed by atoms with Crippen LogP contribution in [0, 0.1) is 0 Å². The number of anilines is 1. The topological polar surface area (TPSA) is 73.4 Å². The highest BCUT2D eigenvalue weighted by atomic mass is 35.5. The van der Waals surface area contributed by atoms with Crippen molar-refractivity contribution < 1.29 is 13.9 Å². The van der Waals surface area contributed by atoms with Gasteiger partial charge in [0.2, 0.25) is 0 Å². The predicted molar refractivity (Wildman–Crippen MR) is 115 cm³/mol. The van der Waals surface area contributed by atoms with E-state index in [0.717, 1.165) is 28.9 Å². The summed E-state index contributed by atoms with van der Waals surface area (Å²) in [5.74, 6) is 0.825. The number of hydrogen-bond acceptors (Lipinski definition) is 6. The van der Waals surface area contributed by atoms with Crippen molar-refractivity contribution in [2.24, 2.45) is 0 Å². The summed E-state index contributed by atoms with van der Waals surface area (Å²) in [6, 6.07) is 9.20. The van der Waals surface area contributed by atoms with E-state index in [2.05, 4.69) is 4.98 Å². The fourth-order valence-corrected chi connectivity index (χ4v) is 3.95. The van der Waals surface area contributed by atoms with Crippen molar-refractivity contribution in [3.63, 3.8) is 0 Å². The summed E-state index contributed by atoms with van der Waals surface area (Å²) in [6.07, 6.45) is 7.68. The van der Waals surface area contributed by atoms with E-state index in [1.807, 2.05) is 35.9 Å². The lowest BCUT2D eigenvalue weighted by atomic mass is 10.3. The zero-order valence-corrected chi connectivity index (χ0v) is 17.5. The fourth-order valence-electron chi connectivity index (χ4n) is 2.95. The lowest BCUT2D eigenvalue weighted by Crippen LogP contribution is -2.32. The smallest absolute Gasteiger partial charge is 0.295 e. The highest BCUT2D eigenvalue weighted by molar-refractivity contribution is 7.22. The molecule has 0 radical (unpaired) electrons. The zero-order valence-electron chi connectivity index (χ0n) is 15.9. The zero-order chi connectivity index (χ0) is 19.3. The van der Waals surface area contributed by atoms with Gasteiger partial charge in [-0.1, -0.05) is 17.4 Å². The number of ether oxygens (including phenoxy) is 1. The van der Waals surface area contributed by atoms with Crippen molar-refractivity contribution in [1.29, 1.82) is 0 Å². The van der Waals surface area contributed by atoms with Gasteiger partial charge >= 0.3 is 0 Å². The van der Waals surface area contributed by atoms with E-state index in [-0.39, 0.29) is 18.3 Å². The Hall–Kier alpha value is -2.84. The molecule has 0 N–H and O–H groups in total. The maximum Gasteiger partial charge on any atom is 0.295 e. The van der Waals surface area contributed by atoms with Gasteiger partial charge in [0.05, 0.1) is 23.9 Å². The number of benzene rings is 1. The Bertz CT molecular complexity index is 1050. The number of furan rings is 1. The normalized spacial score (nSPS) is 10.7. The minimum atomic E-state index is -0.201. The molecule has 9 heteroatoms. The van der Waals surface area contributed by atoms with Gasteiger partial charge in [0.1, 0.15) is 11.3 Å². The molecule has 0 unspecified atom stereocenters. The fraction of sp³-hybridized carbons (Fsp3) is 0.250. The first-order chi connectivity index (χ1) is 13.8. The first kappa shape index (κ1) is 20.9. The Morgan fingerprint density at radius 3 is 2.93 bits per heavy atom. The molecule has 1 aromatic carbocycles. The summed E-state index contributed by atoms with van der Waals surface area (Å²) >= 11 is 1.47. The van der Waals surface area contributed by atoms with Crippen LogP contribution in [0.4, 0.5) is 5.13 Å². The number of thiazole rings is 1. The lowest BCUT2D eigenvalue weighted by Gasteiger charge is -2.18. The van der Waals surface area contributed by atoms with E-state index >= 15 is 0 Å². The van der Waals surface area contributed by atoms with Crippen LogP contribution in [0.2, 0.25) is 0 Å². The predicted octanol–water partition coefficient (Wildman–Crippen LogP) is 4.64. The monoisotopic (exact) mass is 432 g/mol. The Morgan fingerprint density at radius 1 is 1.31 bits per heavy atom. The van der Waals surface area contributed by atoms with Crippen molar-refractivity contribution in [3.05, 3.63) is 61.1 Å². The minimum Gasteiger partial charge on any atom is -0.492 e. The third-order valence-electron chi connectivity index (χ3n) is 4.24. The molecule has 0 aliphatic carbocycles. The summed E-state index contributed by atoms with van der Waals surface area (Å²) < 4.78 is 14.0. The van der Waals surface area contributed by atoms with Gasteiger partial charge in [-0.3, -0.25) is 9.69 Å². The second kappa shape index (κ2) is 9.58. The highest BCUT2D eigenvalue weighted by Gasteiger charge is 2.23. The Kier molecular flexibility index (Phi) is 6.90. The number of rotatable bonds is 8. The van der Waals surface area contributed by atoms with Crippen molar-refractivity contribution in [2.45, 2.75) is 19.9 Å². The molecule has 3 heterocycles. The van der Waals surface area contributed by atoms with Crippen molar-refractivity contribution >= 4 is 45.0 Å². The highest BCUT2D eigenvalue weighted by Crippen LogP contribution is 2.35. The number of para-hydroxylation sites is 1. The SMILES string of the molecule is CCOc1cccc2sc(N(CCCn3ccnc3)C(=O)c3ccco3)nc12.Cl. The molecule has 152 valence electrons. The van der Waals surface area contributed by atoms with E-state index in [9.17, 15) is 4.79 Å². The molecular weight excluding hydrogens is 412 g/mol. The molecule has 3 aromatic heterocycles. The van der Waals surface area contributed by atoms with Gasteiger partial charge in [-0.05, 0) is 37.6 Å². The molecule has 0 bridgehead atoms. The van der Waals surface area contributed by atoms with Crippen LogP contribution in [0.1, 0.15) is 23.9 Å². The number of imidazole rings is 1. The Balaban J connectivity index is 0.00000240. The molecule has 29 heavy (non-hydrogen) atoms. The number of aromatic nitrogens is 3. The first-order valence-corrected chi connectivity index (χ1v) is 9.91. The number of carbonyl (C=O) groups is 1. The van der Waals surface area contributed by atoms with Crippen LogP contribution >= 0.6 is 23.7 Å². The summed E-state index contributed by atoms with van der Waals surface area (Å²) in [7, 11) is 0. The largest absolute Gasteiger partial charge is 0.492 e. The molecule has 7 nitrogen and oxygen atoms in total. The Morgan fingerprint density at radius 2 is 2.21 bits per heavy atom. The quantitative estimate of drug-likeness (QED) is 0.405. The van der Waals surface area contributed by atoms with E-state index < -0.39 is 0 Å². The van der Waals surface area contributed by atoms with Gasteiger partial charge < -0.3 is 13.7 Å². The number of nitrogens with zero attached hydrogens (tertiary/aromatic N) is 4. The van der Waals surface area contributed by atoms with Crippen LogP contribution < -0.4 is 9.64 Å². The van der Waals surface area contributed by atoms with Crippen LogP contribution in [0.15, 0.2) is 59.7 Å². The molecular formula is C20H21ClN4O3S. The van der Waals surface area contributed by atoms with Gasteiger partial charge in [0.15, 0.2) is 10.9 Å². The van der Waals surface area contributed by atoms with Crippen LogP contribution in [0.3, 0.4) is 0 Å². The van der Waals surface area contributed by atoms with E-state index in [4.69, 9.17) is 14.1 Å². The lowest BCUT2D eigenvalue weighted by molar-refractivity contribution is 0.0959. The maximum atomic E-state index is 13.0. The van der Waals surface area contributed by atoms with Gasteiger partial charge in [0.25, 0.3) is 5.91 Å². The molecule has 0 fully saturated rings. The van der Waals surface area contributed by atoms with Crippen LogP contribution in [-0.2, 0) is 6.54 Å². The van der Waals surface area contributed by atoms with Gasteiger partial charge in [-0.2, -0.15) is 0 Å². The number of halogens is 1. The van der Waals surface area contributed by atoms with Gasteiger partial charge in [0, 0.05) is 25.5 Å². The standard InChI is InChI=1S/C20H20N4O3S.ClH/c1-2-26-15-6-3-8-17-18(15)22-20(28-17)24(19(25)16-7-4-13-27-16)11-5-10-23-12-9-21-14-23;/h3-4,6-9,12-14H,2,5,10-11H2,1H3;1H. The van der Waals surface area contributed by atoms with Crippen molar-refractivity contribution in [3.8, 4) is 5.75 Å². The molecule has 4 rings (SSSR count). The molecule has 4 aromatic rings. The molecule has 0 atom stereocenters. The molecule has 0 saturated carbocycles. The van der Waals surface area contributed by atoms with Crippen LogP contribution in [-0.4, -0.2) is 33.6 Å². The second-order valence-electron chi connectivity index (χ2n) is 6.12. The van der Waals surface area contributed by atoms with Crippen molar-refractivity contribution in [1.82, 2.24) is 14.5 Å². The summed E-state index contributed by atoms with van der Waals surface area (Å²) in [5, 5.41) is 0.634. The average Bonchev–Trinajstić information content (AvgIpc) is 3.47. The molecule has 0 aliphatic rings. The molecule has 0 aliphatic heterocycles. The molecule has 1 amide bonds. The van der Waals surface area contributed by atoms with E-state index in [1.54, 1.807) is 29.6 Å². The number of carbonyl (C=O) groups excluding carboxylic acids is 1. The van der Waals surface area contributed by atoms with Gasteiger partial charge in [-0.15, -0.1) is 12.4 Å². The average molecular weight is 433 g/mol. The second-order valence-corrected chi connectivity index (χ2v) is 7.13. The summed E-state index contributed by atoms with van der Waals surface area (Å²) in [6.45, 7) is 3.78. The third kappa shape index (κ3) is 4.60. The number of hydrogen-bond donors (Lipinski definition) is 0. The van der Waals surface area contributed by atoms with Crippen LogP contribution in [0.25, 0.3) is 10.2 Å². The third-order valence-corrected chi connectivity index (χ3v) is 5.28. The van der Waals surface area contributed by atoms with E-state index in [0.29, 0.717) is 24.0 Å². The summed E-state index contributed by atoms with van der Waals surface area (Å²) in [4.78, 5) is 23.5. The maximum absolute atomic E-state index is 13.0. The number of amides is 1. The molecule has 0 spiro atoms. The molecule has 0 saturated heterocycles. The van der Waals surface area contributed by atoms with Crippen molar-refractivity contribution in [2.75, 3.05) is 18.1 Å². The summed E-state index contributed by atoms with van der Waals surface area (Å²) in [5.41, 5.74) is 0.774. The number of aryl methyl sites for hydroxylation is 1. The Labute approximate surface area is 178 Å². The minimum absolute atomic E-state index is 0. The first-order valence-electron chi connectivity index (χ1n) is 9.09. The van der Waals surface area contributed by atoms with E-state index in [1.165, 1.54) is 17.6 Å².